The first-order valence-electron chi connectivity index (χ1n) is 10.3. The molecular formula is C22H23Cl2N5O2. The number of rotatable bonds is 5. The standard InChI is InChI=1S/C22H23Cl2N5O2/c23-17-14-18(24)22(25-15-17)28-12-10-27(11-13-28)20(30)6-7-21(31)29-9-8-19(26-29)16-4-2-1-3-5-16/h1-5,14-15H,6-13H2. The Labute approximate surface area is 191 Å². The van der Waals surface area contributed by atoms with Crippen LogP contribution in [0.15, 0.2) is 47.7 Å². The van der Waals surface area contributed by atoms with E-state index in [0.29, 0.717) is 48.6 Å². The van der Waals surface area contributed by atoms with Crippen molar-refractivity contribution in [3.05, 3.63) is 58.2 Å². The highest BCUT2D eigenvalue weighted by molar-refractivity contribution is 6.36. The molecule has 1 aromatic heterocycles. The number of hydrogen-bond donors (Lipinski definition) is 0. The predicted octanol–water partition coefficient (Wildman–Crippen LogP) is 3.45. The molecule has 1 fully saturated rings. The molecule has 1 aromatic carbocycles. The Bertz CT molecular complexity index is 991. The maximum absolute atomic E-state index is 12.6. The number of pyridine rings is 1. The molecule has 2 aromatic rings. The lowest BCUT2D eigenvalue weighted by Crippen LogP contribution is -2.49. The summed E-state index contributed by atoms with van der Waals surface area (Å²) >= 11 is 12.1. The second-order valence-corrected chi connectivity index (χ2v) is 8.35. The third kappa shape index (κ3) is 5.17. The number of halogens is 2. The van der Waals surface area contributed by atoms with Crippen molar-refractivity contribution in [3.63, 3.8) is 0 Å². The fraction of sp³-hybridized carbons (Fsp3) is 0.364. The first kappa shape index (κ1) is 21.6. The molecule has 7 nitrogen and oxygen atoms in total. The van der Waals surface area contributed by atoms with Gasteiger partial charge in [-0.05, 0) is 11.6 Å². The zero-order valence-corrected chi connectivity index (χ0v) is 18.5. The quantitative estimate of drug-likeness (QED) is 0.686. The van der Waals surface area contributed by atoms with E-state index in [1.54, 1.807) is 17.2 Å². The van der Waals surface area contributed by atoms with Crippen LogP contribution in [-0.4, -0.2) is 65.1 Å². The maximum Gasteiger partial charge on any atom is 0.243 e. The topological polar surface area (TPSA) is 69.1 Å². The largest absolute Gasteiger partial charge is 0.352 e. The normalized spacial score (nSPS) is 16.5. The molecule has 2 aliphatic heterocycles. The highest BCUT2D eigenvalue weighted by Gasteiger charge is 2.26. The summed E-state index contributed by atoms with van der Waals surface area (Å²) in [7, 11) is 0. The van der Waals surface area contributed by atoms with E-state index in [4.69, 9.17) is 23.2 Å². The van der Waals surface area contributed by atoms with Crippen LogP contribution in [0.3, 0.4) is 0 Å². The molecular weight excluding hydrogens is 437 g/mol. The van der Waals surface area contributed by atoms with Crippen LogP contribution in [0.4, 0.5) is 5.82 Å². The monoisotopic (exact) mass is 459 g/mol. The molecule has 0 N–H and O–H groups in total. The Morgan fingerprint density at radius 1 is 0.935 bits per heavy atom. The number of hydrogen-bond acceptors (Lipinski definition) is 5. The summed E-state index contributed by atoms with van der Waals surface area (Å²) in [5.74, 6) is 0.541. The molecule has 2 amide bonds. The molecule has 4 rings (SSSR count). The first-order valence-corrected chi connectivity index (χ1v) is 11.0. The Balaban J connectivity index is 1.25. The number of carbonyl (C=O) groups excluding carboxylic acids is 2. The van der Waals surface area contributed by atoms with Crippen molar-refractivity contribution < 1.29 is 9.59 Å². The zero-order chi connectivity index (χ0) is 21.8. The molecule has 0 aliphatic carbocycles. The second-order valence-electron chi connectivity index (χ2n) is 7.51. The fourth-order valence-electron chi connectivity index (χ4n) is 3.78. The average Bonchev–Trinajstić information content (AvgIpc) is 3.28. The third-order valence-electron chi connectivity index (χ3n) is 5.47. The second kappa shape index (κ2) is 9.66. The van der Waals surface area contributed by atoms with Crippen LogP contribution in [0.25, 0.3) is 0 Å². The van der Waals surface area contributed by atoms with Crippen molar-refractivity contribution in [2.75, 3.05) is 37.6 Å². The molecule has 0 bridgehead atoms. The number of aromatic nitrogens is 1. The van der Waals surface area contributed by atoms with Gasteiger partial charge in [0.1, 0.15) is 5.82 Å². The summed E-state index contributed by atoms with van der Waals surface area (Å²) in [6, 6.07) is 11.5. The highest BCUT2D eigenvalue weighted by Crippen LogP contribution is 2.27. The van der Waals surface area contributed by atoms with Crippen LogP contribution in [0.2, 0.25) is 10.0 Å². The predicted molar refractivity (Wildman–Crippen MR) is 122 cm³/mol. The van der Waals surface area contributed by atoms with Crippen molar-refractivity contribution in [2.45, 2.75) is 19.3 Å². The molecule has 2 aliphatic rings. The number of hydrazone groups is 1. The van der Waals surface area contributed by atoms with E-state index in [-0.39, 0.29) is 24.7 Å². The minimum Gasteiger partial charge on any atom is -0.352 e. The number of nitrogens with zero attached hydrogens (tertiary/aromatic N) is 5. The van der Waals surface area contributed by atoms with E-state index in [2.05, 4.69) is 10.1 Å². The third-order valence-corrected chi connectivity index (χ3v) is 5.95. The minimum atomic E-state index is -0.116. The van der Waals surface area contributed by atoms with Crippen molar-refractivity contribution >= 4 is 46.5 Å². The molecule has 31 heavy (non-hydrogen) atoms. The van der Waals surface area contributed by atoms with Gasteiger partial charge in [0.2, 0.25) is 11.8 Å². The molecule has 3 heterocycles. The molecule has 0 spiro atoms. The molecule has 162 valence electrons. The van der Waals surface area contributed by atoms with E-state index in [1.807, 2.05) is 35.2 Å². The van der Waals surface area contributed by atoms with Crippen molar-refractivity contribution in [3.8, 4) is 0 Å². The van der Waals surface area contributed by atoms with E-state index in [0.717, 1.165) is 17.7 Å². The van der Waals surface area contributed by atoms with Gasteiger partial charge >= 0.3 is 0 Å². The number of benzene rings is 1. The van der Waals surface area contributed by atoms with Crippen LogP contribution in [0.5, 0.6) is 0 Å². The first-order chi connectivity index (χ1) is 15.0. The Morgan fingerprint density at radius 3 is 2.35 bits per heavy atom. The van der Waals surface area contributed by atoms with Gasteiger partial charge in [-0.25, -0.2) is 9.99 Å². The van der Waals surface area contributed by atoms with Gasteiger partial charge in [-0.15, -0.1) is 0 Å². The van der Waals surface area contributed by atoms with Gasteiger partial charge in [0, 0.05) is 51.6 Å². The molecule has 0 unspecified atom stereocenters. The zero-order valence-electron chi connectivity index (χ0n) is 17.0. The molecule has 0 saturated carbocycles. The van der Waals surface area contributed by atoms with Crippen molar-refractivity contribution in [1.29, 1.82) is 0 Å². The smallest absolute Gasteiger partial charge is 0.243 e. The average molecular weight is 460 g/mol. The van der Waals surface area contributed by atoms with Gasteiger partial charge in [0.15, 0.2) is 0 Å². The Hall–Kier alpha value is -2.64. The van der Waals surface area contributed by atoms with Gasteiger partial charge in [0.25, 0.3) is 0 Å². The van der Waals surface area contributed by atoms with Crippen molar-refractivity contribution in [2.24, 2.45) is 5.10 Å². The summed E-state index contributed by atoms with van der Waals surface area (Å²) in [5, 5.41) is 6.92. The van der Waals surface area contributed by atoms with E-state index in [1.165, 1.54) is 5.01 Å². The summed E-state index contributed by atoms with van der Waals surface area (Å²) in [5.41, 5.74) is 1.94. The van der Waals surface area contributed by atoms with Gasteiger partial charge in [-0.3, -0.25) is 9.59 Å². The molecule has 0 radical (unpaired) electrons. The summed E-state index contributed by atoms with van der Waals surface area (Å²) in [4.78, 5) is 33.2. The number of anilines is 1. The lowest BCUT2D eigenvalue weighted by Gasteiger charge is -2.35. The van der Waals surface area contributed by atoms with Crippen LogP contribution >= 0.6 is 23.2 Å². The minimum absolute atomic E-state index is 0.0189. The fourth-order valence-corrected chi connectivity index (χ4v) is 4.28. The number of amides is 2. The lowest BCUT2D eigenvalue weighted by molar-refractivity contribution is -0.137. The van der Waals surface area contributed by atoms with E-state index < -0.39 is 0 Å². The van der Waals surface area contributed by atoms with Crippen LogP contribution in [0.1, 0.15) is 24.8 Å². The lowest BCUT2D eigenvalue weighted by atomic mass is 10.1. The summed E-state index contributed by atoms with van der Waals surface area (Å²) in [6.45, 7) is 2.95. The Kier molecular flexibility index (Phi) is 6.73. The van der Waals surface area contributed by atoms with Crippen molar-refractivity contribution in [1.82, 2.24) is 14.9 Å². The molecule has 0 atom stereocenters. The highest BCUT2D eigenvalue weighted by atomic mass is 35.5. The van der Waals surface area contributed by atoms with Crippen LogP contribution in [0, 0.1) is 0 Å². The van der Waals surface area contributed by atoms with Crippen LogP contribution < -0.4 is 4.90 Å². The summed E-state index contributed by atoms with van der Waals surface area (Å²) < 4.78 is 0. The Morgan fingerprint density at radius 2 is 1.65 bits per heavy atom. The van der Waals surface area contributed by atoms with E-state index >= 15 is 0 Å². The van der Waals surface area contributed by atoms with Gasteiger partial charge in [-0.1, -0.05) is 53.5 Å². The van der Waals surface area contributed by atoms with Gasteiger partial charge in [-0.2, -0.15) is 5.10 Å². The van der Waals surface area contributed by atoms with E-state index in [9.17, 15) is 9.59 Å². The molecule has 9 heteroatoms. The molecule has 1 saturated heterocycles. The number of piperazine rings is 1. The van der Waals surface area contributed by atoms with Gasteiger partial charge in [0.05, 0.1) is 22.3 Å². The maximum atomic E-state index is 12.6. The summed E-state index contributed by atoms with van der Waals surface area (Å²) in [6.07, 6.45) is 2.64. The van der Waals surface area contributed by atoms with Gasteiger partial charge < -0.3 is 9.80 Å². The SMILES string of the molecule is O=C(CCC(=O)N1CCC(c2ccccc2)=N1)N1CCN(c2ncc(Cl)cc2Cl)CC1. The van der Waals surface area contributed by atoms with Crippen LogP contribution in [-0.2, 0) is 9.59 Å². The number of carbonyl (C=O) groups is 2.